The zero-order valence-corrected chi connectivity index (χ0v) is 14.6. The summed E-state index contributed by atoms with van der Waals surface area (Å²) >= 11 is 6.35. The van der Waals surface area contributed by atoms with Crippen molar-refractivity contribution in [2.24, 2.45) is 0 Å². The summed E-state index contributed by atoms with van der Waals surface area (Å²) in [5.74, 6) is 0. The van der Waals surface area contributed by atoms with Gasteiger partial charge in [0.05, 0.1) is 24.5 Å². The first kappa shape index (κ1) is 17.0. The number of benzene rings is 1. The highest BCUT2D eigenvalue weighted by molar-refractivity contribution is 6.33. The summed E-state index contributed by atoms with van der Waals surface area (Å²) in [6, 6.07) is 9.77. The quantitative estimate of drug-likeness (QED) is 0.834. The van der Waals surface area contributed by atoms with Gasteiger partial charge in [0.25, 0.3) is 5.56 Å². The van der Waals surface area contributed by atoms with Gasteiger partial charge in [0.2, 0.25) is 0 Å². The normalized spacial score (nSPS) is 15.7. The van der Waals surface area contributed by atoms with Gasteiger partial charge >= 0.3 is 0 Å². The molecular weight excluding hydrogens is 326 g/mol. The van der Waals surface area contributed by atoms with Crippen LogP contribution in [0.3, 0.4) is 0 Å². The third-order valence-corrected chi connectivity index (χ3v) is 4.68. The number of hydrogen-bond acceptors (Lipinski definition) is 4. The second kappa shape index (κ2) is 7.81. The van der Waals surface area contributed by atoms with E-state index in [0.717, 1.165) is 43.8 Å². The van der Waals surface area contributed by atoms with E-state index in [1.807, 2.05) is 37.3 Å². The van der Waals surface area contributed by atoms with E-state index in [0.29, 0.717) is 12.6 Å². The highest BCUT2D eigenvalue weighted by Gasteiger charge is 2.22. The molecule has 3 rings (SSSR count). The number of nitrogens with zero attached hydrogens (tertiary/aromatic N) is 3. The van der Waals surface area contributed by atoms with Gasteiger partial charge in [0.15, 0.2) is 0 Å². The molecule has 0 spiro atoms. The van der Waals surface area contributed by atoms with E-state index in [-0.39, 0.29) is 10.6 Å². The van der Waals surface area contributed by atoms with Gasteiger partial charge in [-0.2, -0.15) is 5.10 Å². The van der Waals surface area contributed by atoms with Crippen molar-refractivity contribution in [2.45, 2.75) is 32.4 Å². The molecule has 0 radical (unpaired) electrons. The van der Waals surface area contributed by atoms with E-state index in [9.17, 15) is 4.79 Å². The van der Waals surface area contributed by atoms with Gasteiger partial charge in [0.1, 0.15) is 5.02 Å². The molecule has 1 saturated heterocycles. The molecule has 2 heterocycles. The van der Waals surface area contributed by atoms with Crippen LogP contribution in [0.2, 0.25) is 5.02 Å². The second-order valence-corrected chi connectivity index (χ2v) is 6.31. The number of anilines is 1. The SMILES string of the molecule is CCOC1CCN(c2cnn(Cc3ccccc3)c(=O)c2Cl)CC1. The first-order chi connectivity index (χ1) is 11.7. The van der Waals surface area contributed by atoms with Crippen molar-refractivity contribution in [1.82, 2.24) is 9.78 Å². The van der Waals surface area contributed by atoms with Gasteiger partial charge in [-0.05, 0) is 25.3 Å². The molecule has 6 heteroatoms. The molecule has 0 saturated carbocycles. The Morgan fingerprint density at radius 3 is 2.62 bits per heavy atom. The molecular formula is C18H22ClN3O2. The molecule has 1 aromatic carbocycles. The van der Waals surface area contributed by atoms with E-state index in [2.05, 4.69) is 10.00 Å². The lowest BCUT2D eigenvalue weighted by atomic mass is 10.1. The molecule has 0 aliphatic carbocycles. The minimum absolute atomic E-state index is 0.245. The number of ether oxygens (including phenoxy) is 1. The summed E-state index contributed by atoms with van der Waals surface area (Å²) in [4.78, 5) is 14.6. The molecule has 1 aliphatic heterocycles. The predicted molar refractivity (Wildman–Crippen MR) is 95.9 cm³/mol. The lowest BCUT2D eigenvalue weighted by Gasteiger charge is -2.33. The first-order valence-corrected chi connectivity index (χ1v) is 8.73. The summed E-state index contributed by atoms with van der Waals surface area (Å²) in [6.07, 6.45) is 3.89. The Labute approximate surface area is 146 Å². The molecule has 1 fully saturated rings. The number of rotatable bonds is 5. The summed E-state index contributed by atoms with van der Waals surface area (Å²) in [5.41, 5.74) is 1.50. The van der Waals surface area contributed by atoms with E-state index in [1.54, 1.807) is 6.20 Å². The van der Waals surface area contributed by atoms with Crippen molar-refractivity contribution in [1.29, 1.82) is 0 Å². The van der Waals surface area contributed by atoms with Crippen LogP contribution in [0.15, 0.2) is 41.3 Å². The van der Waals surface area contributed by atoms with Gasteiger partial charge in [0, 0.05) is 19.7 Å². The minimum Gasteiger partial charge on any atom is -0.378 e. The van der Waals surface area contributed by atoms with Crippen molar-refractivity contribution in [3.8, 4) is 0 Å². The number of hydrogen-bond donors (Lipinski definition) is 0. The van der Waals surface area contributed by atoms with E-state index >= 15 is 0 Å². The maximum absolute atomic E-state index is 12.5. The van der Waals surface area contributed by atoms with Crippen LogP contribution in [0.5, 0.6) is 0 Å². The van der Waals surface area contributed by atoms with Crippen LogP contribution in [-0.4, -0.2) is 35.6 Å². The van der Waals surface area contributed by atoms with Crippen molar-refractivity contribution < 1.29 is 4.74 Å². The first-order valence-electron chi connectivity index (χ1n) is 8.35. The smallest absolute Gasteiger partial charge is 0.287 e. The molecule has 5 nitrogen and oxygen atoms in total. The van der Waals surface area contributed by atoms with Crippen LogP contribution in [0, 0.1) is 0 Å². The number of piperidine rings is 1. The minimum atomic E-state index is -0.245. The van der Waals surface area contributed by atoms with E-state index in [1.165, 1.54) is 4.68 Å². The number of halogens is 1. The molecule has 0 bridgehead atoms. The topological polar surface area (TPSA) is 47.4 Å². The van der Waals surface area contributed by atoms with Gasteiger partial charge < -0.3 is 9.64 Å². The average Bonchev–Trinajstić information content (AvgIpc) is 2.61. The molecule has 24 heavy (non-hydrogen) atoms. The van der Waals surface area contributed by atoms with Gasteiger partial charge in [-0.3, -0.25) is 4.79 Å². The molecule has 0 N–H and O–H groups in total. The zero-order chi connectivity index (χ0) is 16.9. The lowest BCUT2D eigenvalue weighted by molar-refractivity contribution is 0.0459. The highest BCUT2D eigenvalue weighted by Crippen LogP contribution is 2.25. The molecule has 1 aliphatic rings. The highest BCUT2D eigenvalue weighted by atomic mass is 35.5. The van der Waals surface area contributed by atoms with Crippen LogP contribution in [0.1, 0.15) is 25.3 Å². The third-order valence-electron chi connectivity index (χ3n) is 4.33. The predicted octanol–water partition coefficient (Wildman–Crippen LogP) is 2.95. The average molecular weight is 348 g/mol. The van der Waals surface area contributed by atoms with Crippen LogP contribution < -0.4 is 10.5 Å². The van der Waals surface area contributed by atoms with Gasteiger partial charge in [-0.25, -0.2) is 4.68 Å². The van der Waals surface area contributed by atoms with E-state index < -0.39 is 0 Å². The molecule has 2 aromatic rings. The molecule has 0 amide bonds. The second-order valence-electron chi connectivity index (χ2n) is 5.93. The fourth-order valence-electron chi connectivity index (χ4n) is 3.04. The standard InChI is InChI=1S/C18H22ClN3O2/c1-2-24-15-8-10-21(11-9-15)16-12-20-22(18(23)17(16)19)13-14-6-4-3-5-7-14/h3-7,12,15H,2,8-11,13H2,1H3. The largest absolute Gasteiger partial charge is 0.378 e. The van der Waals surface area contributed by atoms with Crippen LogP contribution >= 0.6 is 11.6 Å². The molecule has 0 atom stereocenters. The number of aromatic nitrogens is 2. The van der Waals surface area contributed by atoms with Crippen molar-refractivity contribution in [3.05, 3.63) is 57.5 Å². The van der Waals surface area contributed by atoms with E-state index in [4.69, 9.17) is 16.3 Å². The summed E-state index contributed by atoms with van der Waals surface area (Å²) < 4.78 is 7.08. The summed E-state index contributed by atoms with van der Waals surface area (Å²) in [7, 11) is 0. The zero-order valence-electron chi connectivity index (χ0n) is 13.8. The molecule has 128 valence electrons. The third kappa shape index (κ3) is 3.79. The Hall–Kier alpha value is -1.85. The Balaban J connectivity index is 1.75. The Morgan fingerprint density at radius 2 is 1.96 bits per heavy atom. The monoisotopic (exact) mass is 347 g/mol. The Kier molecular flexibility index (Phi) is 5.53. The van der Waals surface area contributed by atoms with Gasteiger partial charge in [-0.15, -0.1) is 0 Å². The molecule has 0 unspecified atom stereocenters. The Bertz CT molecular complexity index is 725. The van der Waals surface area contributed by atoms with Crippen LogP contribution in [-0.2, 0) is 11.3 Å². The van der Waals surface area contributed by atoms with Crippen molar-refractivity contribution in [3.63, 3.8) is 0 Å². The maximum Gasteiger partial charge on any atom is 0.287 e. The fraction of sp³-hybridized carbons (Fsp3) is 0.444. The van der Waals surface area contributed by atoms with Crippen LogP contribution in [0.25, 0.3) is 0 Å². The summed E-state index contributed by atoms with van der Waals surface area (Å²) in [5, 5.41) is 4.56. The fourth-order valence-corrected chi connectivity index (χ4v) is 3.31. The van der Waals surface area contributed by atoms with Crippen molar-refractivity contribution >= 4 is 17.3 Å². The maximum atomic E-state index is 12.5. The van der Waals surface area contributed by atoms with Crippen LogP contribution in [0.4, 0.5) is 5.69 Å². The van der Waals surface area contributed by atoms with Crippen molar-refractivity contribution in [2.75, 3.05) is 24.6 Å². The summed E-state index contributed by atoms with van der Waals surface area (Å²) in [6.45, 7) is 4.83. The molecule has 1 aromatic heterocycles. The Morgan fingerprint density at radius 1 is 1.25 bits per heavy atom. The van der Waals surface area contributed by atoms with Gasteiger partial charge in [-0.1, -0.05) is 41.9 Å². The lowest BCUT2D eigenvalue weighted by Crippen LogP contribution is -2.38.